The number of ether oxygens (including phenoxy) is 1. The quantitative estimate of drug-likeness (QED) is 0.410. The summed E-state index contributed by atoms with van der Waals surface area (Å²) < 4.78 is 5.36. The molecular weight excluding hydrogens is 88.1 g/mol. The van der Waals surface area contributed by atoms with E-state index in [4.69, 9.17) is 4.74 Å². The molecule has 0 aromatic heterocycles. The second-order valence-electron chi connectivity index (χ2n) is 2.18. The van der Waals surface area contributed by atoms with Crippen LogP contribution in [-0.4, -0.2) is 12.2 Å². The van der Waals surface area contributed by atoms with Crippen LogP contribution in [0.2, 0.25) is 0 Å². The predicted octanol–water partition coefficient (Wildman–Crippen LogP) is 1.10. The molecule has 2 atom stereocenters. The van der Waals surface area contributed by atoms with Crippen molar-refractivity contribution in [3.8, 4) is 0 Å². The molecule has 38 valence electrons. The van der Waals surface area contributed by atoms with E-state index in [1.807, 2.05) is 0 Å². The molecule has 0 saturated carbocycles. The van der Waals surface area contributed by atoms with Crippen molar-refractivity contribution in [2.45, 2.75) is 25.0 Å². The molecule has 1 nitrogen and oxygen atoms in total. The first-order chi connectivity index (χ1) is 3.45. The Morgan fingerprint density at radius 3 is 1.86 bits per heavy atom. The van der Waals surface area contributed by atoms with Gasteiger partial charge in [-0.3, -0.25) is 0 Å². The number of rotatable bonds is 0. The molecule has 0 unspecified atom stereocenters. The van der Waals surface area contributed by atoms with E-state index in [1.54, 1.807) is 0 Å². The Balaban J connectivity index is 2.27. The summed E-state index contributed by atoms with van der Waals surface area (Å²) in [6, 6.07) is 0. The highest BCUT2D eigenvalue weighted by Crippen LogP contribution is 2.27. The molecule has 0 radical (unpaired) electrons. The highest BCUT2D eigenvalue weighted by atomic mass is 16.5. The van der Waals surface area contributed by atoms with Crippen LogP contribution in [0.1, 0.15) is 12.8 Å². The molecule has 2 aliphatic rings. The zero-order valence-corrected chi connectivity index (χ0v) is 4.13. The van der Waals surface area contributed by atoms with Gasteiger partial charge in [-0.2, -0.15) is 0 Å². The van der Waals surface area contributed by atoms with Crippen molar-refractivity contribution in [1.82, 2.24) is 0 Å². The van der Waals surface area contributed by atoms with E-state index in [-0.39, 0.29) is 0 Å². The zero-order chi connectivity index (χ0) is 4.69. The molecule has 2 heterocycles. The Kier molecular flexibility index (Phi) is 0.577. The Hall–Kier alpha value is -0.300. The summed E-state index contributed by atoms with van der Waals surface area (Å²) in [5.41, 5.74) is 0. The monoisotopic (exact) mass is 96.1 g/mol. The van der Waals surface area contributed by atoms with Gasteiger partial charge >= 0.3 is 0 Å². The van der Waals surface area contributed by atoms with E-state index in [0.29, 0.717) is 12.2 Å². The van der Waals surface area contributed by atoms with E-state index in [1.165, 1.54) is 12.8 Å². The molecule has 0 aliphatic carbocycles. The van der Waals surface area contributed by atoms with Crippen molar-refractivity contribution < 1.29 is 4.74 Å². The molecular formula is C6H8O. The van der Waals surface area contributed by atoms with Crippen LogP contribution in [0.15, 0.2) is 12.2 Å². The molecule has 0 spiro atoms. The molecule has 1 heteroatoms. The van der Waals surface area contributed by atoms with Crippen molar-refractivity contribution in [2.75, 3.05) is 0 Å². The minimum atomic E-state index is 0.491. The third-order valence-corrected chi connectivity index (χ3v) is 1.63. The smallest absolute Gasteiger partial charge is 0.0765 e. The molecule has 2 bridgehead atoms. The summed E-state index contributed by atoms with van der Waals surface area (Å²) >= 11 is 0. The number of hydrogen-bond acceptors (Lipinski definition) is 1. The third kappa shape index (κ3) is 0.416. The van der Waals surface area contributed by atoms with Crippen molar-refractivity contribution in [2.24, 2.45) is 0 Å². The molecule has 0 aromatic carbocycles. The average molecular weight is 96.1 g/mol. The van der Waals surface area contributed by atoms with Gasteiger partial charge in [-0.05, 0) is 12.8 Å². The standard InChI is InChI=1S/C6H8O/c1-2-6-4-3-5(1)7-6/h1-2,5-6H,3-4H2/t5-,6+. The van der Waals surface area contributed by atoms with E-state index >= 15 is 0 Å². The fourth-order valence-electron chi connectivity index (χ4n) is 1.22. The highest BCUT2D eigenvalue weighted by Gasteiger charge is 2.25. The normalized spacial score (nSPS) is 45.7. The minimum absolute atomic E-state index is 0.491. The molecule has 2 aliphatic heterocycles. The minimum Gasteiger partial charge on any atom is -0.367 e. The zero-order valence-electron chi connectivity index (χ0n) is 4.13. The van der Waals surface area contributed by atoms with Gasteiger partial charge in [-0.25, -0.2) is 0 Å². The summed E-state index contributed by atoms with van der Waals surface area (Å²) in [5, 5.41) is 0. The van der Waals surface area contributed by atoms with Crippen LogP contribution in [0.25, 0.3) is 0 Å². The lowest BCUT2D eigenvalue weighted by molar-refractivity contribution is 0.120. The number of hydrogen-bond donors (Lipinski definition) is 0. The van der Waals surface area contributed by atoms with Gasteiger partial charge in [0, 0.05) is 0 Å². The fraction of sp³-hybridized carbons (Fsp3) is 0.667. The van der Waals surface area contributed by atoms with Gasteiger partial charge in [0.1, 0.15) is 0 Å². The van der Waals surface area contributed by atoms with Crippen LogP contribution in [0.3, 0.4) is 0 Å². The van der Waals surface area contributed by atoms with Gasteiger partial charge in [0.25, 0.3) is 0 Å². The highest BCUT2D eigenvalue weighted by molar-refractivity contribution is 5.07. The van der Waals surface area contributed by atoms with Crippen LogP contribution >= 0.6 is 0 Å². The van der Waals surface area contributed by atoms with Gasteiger partial charge in [0.05, 0.1) is 12.2 Å². The summed E-state index contributed by atoms with van der Waals surface area (Å²) in [6.45, 7) is 0. The first-order valence-corrected chi connectivity index (χ1v) is 2.79. The lowest BCUT2D eigenvalue weighted by atomic mass is 10.1. The predicted molar refractivity (Wildman–Crippen MR) is 27.0 cm³/mol. The van der Waals surface area contributed by atoms with Crippen molar-refractivity contribution >= 4 is 0 Å². The van der Waals surface area contributed by atoms with Crippen molar-refractivity contribution in [3.05, 3.63) is 12.2 Å². The van der Waals surface area contributed by atoms with Gasteiger partial charge in [0.2, 0.25) is 0 Å². The molecule has 0 amide bonds. The van der Waals surface area contributed by atoms with Gasteiger partial charge in [-0.1, -0.05) is 12.2 Å². The molecule has 2 rings (SSSR count). The summed E-state index contributed by atoms with van der Waals surface area (Å²) in [4.78, 5) is 0. The van der Waals surface area contributed by atoms with Gasteiger partial charge in [0.15, 0.2) is 0 Å². The Morgan fingerprint density at radius 1 is 1.14 bits per heavy atom. The molecule has 7 heavy (non-hydrogen) atoms. The van der Waals surface area contributed by atoms with E-state index in [0.717, 1.165) is 0 Å². The first kappa shape index (κ1) is 3.67. The van der Waals surface area contributed by atoms with E-state index in [9.17, 15) is 0 Å². The third-order valence-electron chi connectivity index (χ3n) is 1.63. The SMILES string of the molecule is C1=C[C@H]2CC[C@@H]1O2. The van der Waals surface area contributed by atoms with Crippen LogP contribution in [0.5, 0.6) is 0 Å². The maximum Gasteiger partial charge on any atom is 0.0765 e. The second kappa shape index (κ2) is 1.10. The Bertz CT molecular complexity index is 94.7. The van der Waals surface area contributed by atoms with Crippen LogP contribution in [-0.2, 0) is 4.74 Å². The molecule has 0 aromatic rings. The summed E-state index contributed by atoms with van der Waals surface area (Å²) in [7, 11) is 0. The van der Waals surface area contributed by atoms with Crippen LogP contribution in [0.4, 0.5) is 0 Å². The van der Waals surface area contributed by atoms with Gasteiger partial charge < -0.3 is 4.74 Å². The lowest BCUT2D eigenvalue weighted by Crippen LogP contribution is -1.95. The van der Waals surface area contributed by atoms with Gasteiger partial charge in [-0.15, -0.1) is 0 Å². The fourth-order valence-corrected chi connectivity index (χ4v) is 1.22. The Labute approximate surface area is 43.0 Å². The first-order valence-electron chi connectivity index (χ1n) is 2.79. The molecule has 0 N–H and O–H groups in total. The van der Waals surface area contributed by atoms with Crippen LogP contribution < -0.4 is 0 Å². The topological polar surface area (TPSA) is 9.23 Å². The summed E-state index contributed by atoms with van der Waals surface area (Å²) in [5.74, 6) is 0. The van der Waals surface area contributed by atoms with Crippen LogP contribution in [0, 0.1) is 0 Å². The maximum atomic E-state index is 5.36. The summed E-state index contributed by atoms with van der Waals surface area (Å²) in [6.07, 6.45) is 7.81. The average Bonchev–Trinajstić information content (AvgIpc) is 2.22. The molecule has 1 fully saturated rings. The van der Waals surface area contributed by atoms with Crippen molar-refractivity contribution in [3.63, 3.8) is 0 Å². The number of fused-ring (bicyclic) bond motifs is 2. The molecule has 1 saturated heterocycles. The largest absolute Gasteiger partial charge is 0.367 e. The second-order valence-corrected chi connectivity index (χ2v) is 2.18. The maximum absolute atomic E-state index is 5.36. The Morgan fingerprint density at radius 2 is 1.71 bits per heavy atom. The van der Waals surface area contributed by atoms with Crippen molar-refractivity contribution in [1.29, 1.82) is 0 Å². The van der Waals surface area contributed by atoms with E-state index < -0.39 is 0 Å². The van der Waals surface area contributed by atoms with E-state index in [2.05, 4.69) is 12.2 Å². The lowest BCUT2D eigenvalue weighted by Gasteiger charge is -1.93.